The zero-order valence-corrected chi connectivity index (χ0v) is 12.6. The van der Waals surface area contributed by atoms with E-state index in [0.717, 1.165) is 34.3 Å². The van der Waals surface area contributed by atoms with Crippen molar-refractivity contribution in [3.8, 4) is 5.75 Å². The minimum absolute atomic E-state index is 0.165. The summed E-state index contributed by atoms with van der Waals surface area (Å²) in [6.07, 6.45) is 2.71. The lowest BCUT2D eigenvalue weighted by Crippen LogP contribution is -2.25. The van der Waals surface area contributed by atoms with E-state index < -0.39 is 0 Å². The Balaban J connectivity index is 1.65. The second-order valence-corrected chi connectivity index (χ2v) is 5.17. The number of ether oxygens (including phenoxy) is 1. The normalized spacial score (nSPS) is 10.8. The monoisotopic (exact) mass is 298 g/mol. The van der Waals surface area contributed by atoms with Crippen molar-refractivity contribution in [2.24, 2.45) is 0 Å². The highest BCUT2D eigenvalue weighted by molar-refractivity contribution is 5.92. The molecule has 0 aliphatic carbocycles. The van der Waals surface area contributed by atoms with Gasteiger partial charge in [-0.2, -0.15) is 5.10 Å². The molecule has 22 heavy (non-hydrogen) atoms. The number of nitrogens with one attached hydrogen (secondary N) is 3. The Morgan fingerprint density at radius 1 is 1.36 bits per heavy atom. The summed E-state index contributed by atoms with van der Waals surface area (Å²) in [5, 5.41) is 10.7. The Hall–Kier alpha value is -2.76. The van der Waals surface area contributed by atoms with Crippen LogP contribution in [-0.2, 0) is 6.42 Å². The molecule has 1 amide bonds. The maximum atomic E-state index is 11.9. The maximum Gasteiger partial charge on any atom is 0.271 e. The van der Waals surface area contributed by atoms with Crippen molar-refractivity contribution in [3.63, 3.8) is 0 Å². The molecule has 6 heteroatoms. The Labute approximate surface area is 127 Å². The first-order chi connectivity index (χ1) is 10.7. The fourth-order valence-corrected chi connectivity index (χ4v) is 2.43. The zero-order chi connectivity index (χ0) is 15.5. The Bertz CT molecular complexity index is 803. The summed E-state index contributed by atoms with van der Waals surface area (Å²) in [4.78, 5) is 15.2. The highest BCUT2D eigenvalue weighted by Crippen LogP contribution is 2.23. The molecule has 114 valence electrons. The average Bonchev–Trinajstić information content (AvgIpc) is 3.13. The molecule has 0 unspecified atom stereocenters. The number of nitrogens with zero attached hydrogens (tertiary/aromatic N) is 1. The van der Waals surface area contributed by atoms with Gasteiger partial charge in [-0.1, -0.05) is 0 Å². The van der Waals surface area contributed by atoms with E-state index in [2.05, 4.69) is 20.5 Å². The van der Waals surface area contributed by atoms with E-state index in [0.29, 0.717) is 12.2 Å². The summed E-state index contributed by atoms with van der Waals surface area (Å²) in [5.41, 5.74) is 3.49. The van der Waals surface area contributed by atoms with Gasteiger partial charge in [0, 0.05) is 29.3 Å². The van der Waals surface area contributed by atoms with Gasteiger partial charge in [0.1, 0.15) is 11.4 Å². The van der Waals surface area contributed by atoms with Crippen LogP contribution in [0.4, 0.5) is 0 Å². The van der Waals surface area contributed by atoms with Gasteiger partial charge in [-0.25, -0.2) is 0 Å². The van der Waals surface area contributed by atoms with Crippen molar-refractivity contribution in [1.29, 1.82) is 0 Å². The first kappa shape index (κ1) is 14.2. The predicted molar refractivity (Wildman–Crippen MR) is 84.2 cm³/mol. The number of aryl methyl sites for hydroxylation is 1. The number of carbonyl (C=O) groups is 1. The fourth-order valence-electron chi connectivity index (χ4n) is 2.43. The molecule has 0 aliphatic rings. The third kappa shape index (κ3) is 2.81. The Kier molecular flexibility index (Phi) is 3.82. The quantitative estimate of drug-likeness (QED) is 0.675. The predicted octanol–water partition coefficient (Wildman–Crippen LogP) is 2.18. The van der Waals surface area contributed by atoms with Crippen molar-refractivity contribution in [2.45, 2.75) is 13.3 Å². The second-order valence-electron chi connectivity index (χ2n) is 5.17. The number of hydrogen-bond donors (Lipinski definition) is 3. The lowest BCUT2D eigenvalue weighted by molar-refractivity contribution is 0.0949. The van der Waals surface area contributed by atoms with Gasteiger partial charge >= 0.3 is 0 Å². The van der Waals surface area contributed by atoms with E-state index in [4.69, 9.17) is 4.74 Å². The molecule has 2 heterocycles. The molecule has 2 aromatic heterocycles. The van der Waals surface area contributed by atoms with E-state index >= 15 is 0 Å². The highest BCUT2D eigenvalue weighted by atomic mass is 16.5. The molecule has 0 atom stereocenters. The van der Waals surface area contributed by atoms with E-state index in [1.165, 1.54) is 0 Å². The number of aromatic nitrogens is 3. The Morgan fingerprint density at radius 3 is 2.95 bits per heavy atom. The zero-order valence-electron chi connectivity index (χ0n) is 12.6. The molecule has 0 aliphatic heterocycles. The van der Waals surface area contributed by atoms with Crippen LogP contribution in [-0.4, -0.2) is 34.7 Å². The first-order valence-corrected chi connectivity index (χ1v) is 7.11. The number of hydrogen-bond acceptors (Lipinski definition) is 3. The summed E-state index contributed by atoms with van der Waals surface area (Å²) in [6, 6.07) is 7.64. The third-order valence-corrected chi connectivity index (χ3v) is 3.59. The number of carbonyl (C=O) groups excluding carboxylic acids is 1. The number of fused-ring (bicyclic) bond motifs is 1. The molecule has 0 saturated carbocycles. The highest BCUT2D eigenvalue weighted by Gasteiger charge is 2.09. The van der Waals surface area contributed by atoms with Crippen LogP contribution in [0.5, 0.6) is 5.75 Å². The van der Waals surface area contributed by atoms with Gasteiger partial charge in [0.25, 0.3) is 5.91 Å². The van der Waals surface area contributed by atoms with Crippen LogP contribution in [0, 0.1) is 6.92 Å². The number of rotatable bonds is 5. The number of benzene rings is 1. The molecule has 0 radical (unpaired) electrons. The summed E-state index contributed by atoms with van der Waals surface area (Å²) < 4.78 is 5.25. The van der Waals surface area contributed by atoms with Gasteiger partial charge in [-0.3, -0.25) is 9.89 Å². The standard InChI is InChI=1S/C16H18N4O2/c1-10-7-15(20-19-10)16(21)17-6-5-11-9-18-14-4-3-12(22-2)8-13(11)14/h3-4,7-9,18H,5-6H2,1-2H3,(H,17,21)(H,19,20). The molecule has 6 nitrogen and oxygen atoms in total. The Morgan fingerprint density at radius 2 is 2.23 bits per heavy atom. The molecule has 0 saturated heterocycles. The summed E-state index contributed by atoms with van der Waals surface area (Å²) in [6.45, 7) is 2.41. The van der Waals surface area contributed by atoms with E-state index in [-0.39, 0.29) is 5.91 Å². The third-order valence-electron chi connectivity index (χ3n) is 3.59. The first-order valence-electron chi connectivity index (χ1n) is 7.11. The van der Waals surface area contributed by atoms with E-state index in [9.17, 15) is 4.79 Å². The summed E-state index contributed by atoms with van der Waals surface area (Å²) in [5.74, 6) is 0.658. The molecule has 0 bridgehead atoms. The number of H-pyrrole nitrogens is 2. The lowest BCUT2D eigenvalue weighted by Gasteiger charge is -2.04. The minimum atomic E-state index is -0.165. The topological polar surface area (TPSA) is 82.8 Å². The van der Waals surface area contributed by atoms with Crippen LogP contribution in [0.15, 0.2) is 30.5 Å². The van der Waals surface area contributed by atoms with E-state index in [1.54, 1.807) is 13.2 Å². The molecule has 0 fully saturated rings. The number of amides is 1. The fraction of sp³-hybridized carbons (Fsp3) is 0.250. The van der Waals surface area contributed by atoms with Crippen LogP contribution < -0.4 is 10.1 Å². The summed E-state index contributed by atoms with van der Waals surface area (Å²) in [7, 11) is 1.65. The van der Waals surface area contributed by atoms with Gasteiger partial charge in [0.2, 0.25) is 0 Å². The number of methoxy groups -OCH3 is 1. The molecular formula is C16H18N4O2. The van der Waals surface area contributed by atoms with Crippen LogP contribution in [0.2, 0.25) is 0 Å². The van der Waals surface area contributed by atoms with Gasteiger partial charge in [0.15, 0.2) is 0 Å². The van der Waals surface area contributed by atoms with Crippen LogP contribution >= 0.6 is 0 Å². The molecule has 0 spiro atoms. The van der Waals surface area contributed by atoms with Gasteiger partial charge in [0.05, 0.1) is 7.11 Å². The average molecular weight is 298 g/mol. The van der Waals surface area contributed by atoms with Gasteiger partial charge < -0.3 is 15.0 Å². The SMILES string of the molecule is COc1ccc2[nH]cc(CCNC(=O)c3cc(C)[nH]n3)c2c1. The van der Waals surface area contributed by atoms with Crippen molar-refractivity contribution in [3.05, 3.63) is 47.4 Å². The second kappa shape index (κ2) is 5.93. The maximum absolute atomic E-state index is 11.9. The molecule has 3 N–H and O–H groups in total. The molecule has 3 rings (SSSR count). The molecule has 1 aromatic carbocycles. The summed E-state index contributed by atoms with van der Waals surface area (Å²) >= 11 is 0. The minimum Gasteiger partial charge on any atom is -0.497 e. The largest absolute Gasteiger partial charge is 0.497 e. The number of aromatic amines is 2. The van der Waals surface area contributed by atoms with Crippen LogP contribution in [0.25, 0.3) is 10.9 Å². The van der Waals surface area contributed by atoms with E-state index in [1.807, 2.05) is 31.3 Å². The van der Waals surface area contributed by atoms with Crippen LogP contribution in [0.3, 0.4) is 0 Å². The van der Waals surface area contributed by atoms with Gasteiger partial charge in [-0.05, 0) is 43.2 Å². The lowest BCUT2D eigenvalue weighted by atomic mass is 10.1. The molecule has 3 aromatic rings. The molecular weight excluding hydrogens is 280 g/mol. The van der Waals surface area contributed by atoms with Crippen molar-refractivity contribution >= 4 is 16.8 Å². The van der Waals surface area contributed by atoms with Crippen LogP contribution in [0.1, 0.15) is 21.7 Å². The van der Waals surface area contributed by atoms with Crippen molar-refractivity contribution in [2.75, 3.05) is 13.7 Å². The van der Waals surface area contributed by atoms with Crippen molar-refractivity contribution in [1.82, 2.24) is 20.5 Å². The van der Waals surface area contributed by atoms with Gasteiger partial charge in [-0.15, -0.1) is 0 Å². The van der Waals surface area contributed by atoms with Crippen molar-refractivity contribution < 1.29 is 9.53 Å². The smallest absolute Gasteiger partial charge is 0.271 e.